The SMILES string of the molecule is O=C1OCc2ccccc21.O=CO. The molecule has 0 spiro atoms. The summed E-state index contributed by atoms with van der Waals surface area (Å²) < 4.78 is 4.78. The highest BCUT2D eigenvalue weighted by atomic mass is 16.5. The standard InChI is InChI=1S/C8H6O2.CH2O2/c9-8-7-4-2-1-3-6(7)5-10-8;2-1-3/h1-4H,5H2;1H,(H,2,3). The van der Waals surface area contributed by atoms with Gasteiger partial charge < -0.3 is 9.84 Å². The van der Waals surface area contributed by atoms with Gasteiger partial charge in [-0.3, -0.25) is 4.79 Å². The monoisotopic (exact) mass is 180 g/mol. The van der Waals surface area contributed by atoms with Crippen molar-refractivity contribution < 1.29 is 19.4 Å². The minimum absolute atomic E-state index is 0.199. The fourth-order valence-electron chi connectivity index (χ4n) is 1.07. The first kappa shape index (κ1) is 9.25. The molecule has 2 rings (SSSR count). The number of carbonyl (C=O) groups is 2. The number of carbonyl (C=O) groups excluding carboxylic acids is 1. The molecule has 0 saturated heterocycles. The van der Waals surface area contributed by atoms with E-state index in [4.69, 9.17) is 14.6 Å². The third-order valence-corrected chi connectivity index (χ3v) is 1.60. The van der Waals surface area contributed by atoms with Crippen molar-refractivity contribution in [2.75, 3.05) is 0 Å². The summed E-state index contributed by atoms with van der Waals surface area (Å²) in [4.78, 5) is 19.2. The second-order valence-electron chi connectivity index (χ2n) is 2.34. The van der Waals surface area contributed by atoms with Gasteiger partial charge in [-0.15, -0.1) is 0 Å². The first-order valence-electron chi connectivity index (χ1n) is 3.62. The molecule has 68 valence electrons. The normalized spacial score (nSPS) is 12.2. The Morgan fingerprint density at radius 1 is 1.38 bits per heavy atom. The summed E-state index contributed by atoms with van der Waals surface area (Å²) in [6, 6.07) is 7.43. The quantitative estimate of drug-likeness (QED) is 0.479. The topological polar surface area (TPSA) is 63.6 Å². The van der Waals surface area contributed by atoms with Crippen LogP contribution in [0.2, 0.25) is 0 Å². The molecule has 1 aromatic carbocycles. The van der Waals surface area contributed by atoms with Crippen molar-refractivity contribution in [3.63, 3.8) is 0 Å². The van der Waals surface area contributed by atoms with Crippen LogP contribution < -0.4 is 0 Å². The van der Waals surface area contributed by atoms with Crippen LogP contribution >= 0.6 is 0 Å². The number of hydrogen-bond donors (Lipinski definition) is 1. The van der Waals surface area contributed by atoms with Crippen LogP contribution in [-0.2, 0) is 16.1 Å². The van der Waals surface area contributed by atoms with E-state index < -0.39 is 0 Å². The number of hydrogen-bond acceptors (Lipinski definition) is 3. The van der Waals surface area contributed by atoms with E-state index in [1.165, 1.54) is 0 Å². The van der Waals surface area contributed by atoms with Crippen molar-refractivity contribution >= 4 is 12.4 Å². The zero-order valence-corrected chi connectivity index (χ0v) is 6.77. The van der Waals surface area contributed by atoms with Gasteiger partial charge in [0.1, 0.15) is 6.61 Å². The maximum absolute atomic E-state index is 10.8. The summed E-state index contributed by atoms with van der Waals surface area (Å²) >= 11 is 0. The lowest BCUT2D eigenvalue weighted by molar-refractivity contribution is -0.122. The van der Waals surface area contributed by atoms with Crippen LogP contribution in [0.25, 0.3) is 0 Å². The van der Waals surface area contributed by atoms with Gasteiger partial charge in [-0.2, -0.15) is 0 Å². The molecule has 1 aliphatic rings. The van der Waals surface area contributed by atoms with Crippen molar-refractivity contribution in [1.29, 1.82) is 0 Å². The Morgan fingerprint density at radius 2 is 2.00 bits per heavy atom. The van der Waals surface area contributed by atoms with E-state index in [2.05, 4.69) is 0 Å². The second kappa shape index (κ2) is 4.25. The number of benzene rings is 1. The van der Waals surface area contributed by atoms with E-state index in [-0.39, 0.29) is 12.4 Å². The van der Waals surface area contributed by atoms with Gasteiger partial charge in [-0.25, -0.2) is 4.79 Å². The van der Waals surface area contributed by atoms with Crippen LogP contribution in [0.5, 0.6) is 0 Å². The molecule has 0 atom stereocenters. The molecule has 0 fully saturated rings. The van der Waals surface area contributed by atoms with E-state index in [9.17, 15) is 4.79 Å². The van der Waals surface area contributed by atoms with Crippen molar-refractivity contribution in [3.8, 4) is 0 Å². The largest absolute Gasteiger partial charge is 0.483 e. The van der Waals surface area contributed by atoms with Gasteiger partial charge in [0.2, 0.25) is 0 Å². The Balaban J connectivity index is 0.000000251. The molecule has 0 aliphatic carbocycles. The van der Waals surface area contributed by atoms with E-state index in [0.717, 1.165) is 5.56 Å². The van der Waals surface area contributed by atoms with Crippen molar-refractivity contribution in [2.24, 2.45) is 0 Å². The summed E-state index contributed by atoms with van der Waals surface area (Å²) in [6.45, 7) is 0.189. The van der Waals surface area contributed by atoms with E-state index in [1.807, 2.05) is 18.2 Å². The third kappa shape index (κ3) is 2.05. The zero-order valence-electron chi connectivity index (χ0n) is 6.77. The van der Waals surface area contributed by atoms with Crippen LogP contribution in [0.3, 0.4) is 0 Å². The Bertz CT molecular complexity index is 319. The van der Waals surface area contributed by atoms with Crippen LogP contribution in [0.1, 0.15) is 15.9 Å². The molecule has 0 aromatic heterocycles. The van der Waals surface area contributed by atoms with E-state index in [0.29, 0.717) is 12.2 Å². The fraction of sp³-hybridized carbons (Fsp3) is 0.111. The van der Waals surface area contributed by atoms with Gasteiger partial charge in [-0.1, -0.05) is 18.2 Å². The highest BCUT2D eigenvalue weighted by Gasteiger charge is 2.18. The Morgan fingerprint density at radius 3 is 2.62 bits per heavy atom. The van der Waals surface area contributed by atoms with Gasteiger partial charge >= 0.3 is 5.97 Å². The molecule has 4 nitrogen and oxygen atoms in total. The fourth-order valence-corrected chi connectivity index (χ4v) is 1.07. The van der Waals surface area contributed by atoms with Crippen molar-refractivity contribution in [3.05, 3.63) is 35.4 Å². The highest BCUT2D eigenvalue weighted by Crippen LogP contribution is 2.17. The maximum atomic E-state index is 10.8. The average molecular weight is 180 g/mol. The number of ether oxygens (including phenoxy) is 1. The van der Waals surface area contributed by atoms with Crippen molar-refractivity contribution in [1.82, 2.24) is 0 Å². The molecule has 0 amide bonds. The summed E-state index contributed by atoms with van der Waals surface area (Å²) in [6.07, 6.45) is 0. The molecule has 0 saturated carbocycles. The molecule has 13 heavy (non-hydrogen) atoms. The minimum atomic E-state index is -0.250. The minimum Gasteiger partial charge on any atom is -0.483 e. The summed E-state index contributed by atoms with van der Waals surface area (Å²) in [7, 11) is 0. The molecule has 1 aliphatic heterocycles. The molecule has 0 bridgehead atoms. The van der Waals surface area contributed by atoms with Gasteiger partial charge in [0.25, 0.3) is 6.47 Å². The predicted molar refractivity (Wildman–Crippen MR) is 44.3 cm³/mol. The number of carboxylic acid groups (broad SMARTS) is 1. The van der Waals surface area contributed by atoms with Crippen LogP contribution in [0.4, 0.5) is 0 Å². The van der Waals surface area contributed by atoms with Crippen LogP contribution in [-0.4, -0.2) is 17.5 Å². The van der Waals surface area contributed by atoms with Gasteiger partial charge in [-0.05, 0) is 6.07 Å². The van der Waals surface area contributed by atoms with Crippen molar-refractivity contribution in [2.45, 2.75) is 6.61 Å². The van der Waals surface area contributed by atoms with E-state index in [1.54, 1.807) is 6.07 Å². The lowest BCUT2D eigenvalue weighted by Crippen LogP contribution is -1.91. The number of rotatable bonds is 0. The second-order valence-corrected chi connectivity index (χ2v) is 2.34. The van der Waals surface area contributed by atoms with Gasteiger partial charge in [0.15, 0.2) is 0 Å². The summed E-state index contributed by atoms with van der Waals surface area (Å²) in [5.74, 6) is -0.199. The molecule has 0 unspecified atom stereocenters. The van der Waals surface area contributed by atoms with Crippen LogP contribution in [0.15, 0.2) is 24.3 Å². The van der Waals surface area contributed by atoms with Gasteiger partial charge in [0.05, 0.1) is 5.56 Å². The molecular weight excluding hydrogens is 172 g/mol. The number of esters is 1. The number of cyclic esters (lactones) is 1. The Labute approximate surface area is 74.8 Å². The van der Waals surface area contributed by atoms with E-state index >= 15 is 0 Å². The average Bonchev–Trinajstić information content (AvgIpc) is 2.50. The smallest absolute Gasteiger partial charge is 0.338 e. The first-order valence-corrected chi connectivity index (χ1v) is 3.62. The molecule has 1 N–H and O–H groups in total. The zero-order chi connectivity index (χ0) is 9.68. The Hall–Kier alpha value is -1.84. The predicted octanol–water partition coefficient (Wildman–Crippen LogP) is 1.06. The molecular formula is C9H8O4. The molecule has 0 radical (unpaired) electrons. The maximum Gasteiger partial charge on any atom is 0.338 e. The lowest BCUT2D eigenvalue weighted by Gasteiger charge is -1.87. The molecule has 4 heteroatoms. The third-order valence-electron chi connectivity index (χ3n) is 1.60. The summed E-state index contributed by atoms with van der Waals surface area (Å²) in [5, 5.41) is 6.89. The first-order chi connectivity index (χ1) is 6.29. The summed E-state index contributed by atoms with van der Waals surface area (Å²) in [5.41, 5.74) is 1.70. The number of fused-ring (bicyclic) bond motifs is 1. The van der Waals surface area contributed by atoms with Crippen LogP contribution in [0, 0.1) is 0 Å². The highest BCUT2D eigenvalue weighted by molar-refractivity contribution is 5.93. The molecule has 1 aromatic rings. The van der Waals surface area contributed by atoms with Gasteiger partial charge in [0, 0.05) is 5.56 Å². The lowest BCUT2D eigenvalue weighted by atomic mass is 10.1. The molecule has 1 heterocycles. The Kier molecular flexibility index (Phi) is 3.03.